The molecule has 1 aromatic carbocycles. The first-order valence-corrected chi connectivity index (χ1v) is 14.1. The highest BCUT2D eigenvalue weighted by molar-refractivity contribution is 8.14. The van der Waals surface area contributed by atoms with E-state index in [1.165, 1.54) is 11.8 Å². The number of carbonyl (C=O) groups is 2. The summed E-state index contributed by atoms with van der Waals surface area (Å²) in [7, 11) is 0. The molecule has 1 amide bonds. The average Bonchev–Trinajstić information content (AvgIpc) is 3.36. The van der Waals surface area contributed by atoms with Gasteiger partial charge in [-0.05, 0) is 41.8 Å². The molecule has 2 atom stereocenters. The Labute approximate surface area is 220 Å². The third-order valence-electron chi connectivity index (χ3n) is 6.28. The number of hydrogen-bond acceptors (Lipinski definition) is 7. The minimum atomic E-state index is -0.597. The number of nitriles is 1. The number of nitrogens with one attached hydrogen (secondary N) is 1. The number of anilines is 1. The minimum absolute atomic E-state index is 0.0754. The third-order valence-corrected chi connectivity index (χ3v) is 8.28. The summed E-state index contributed by atoms with van der Waals surface area (Å²) < 4.78 is 5.73. The molecule has 0 bridgehead atoms. The van der Waals surface area contributed by atoms with Gasteiger partial charge >= 0.3 is 0 Å². The number of unbranched alkanes of at least 4 members (excludes halogenated alkanes) is 1. The fourth-order valence-electron chi connectivity index (χ4n) is 4.63. The van der Waals surface area contributed by atoms with Crippen LogP contribution in [0.2, 0.25) is 0 Å². The predicted octanol–water partition coefficient (Wildman–Crippen LogP) is 6.58. The molecule has 188 valence electrons. The molecule has 2 aromatic rings. The van der Waals surface area contributed by atoms with Crippen LogP contribution in [0.15, 0.2) is 58.0 Å². The summed E-state index contributed by atoms with van der Waals surface area (Å²) in [6, 6.07) is 13.7. The van der Waals surface area contributed by atoms with Crippen molar-refractivity contribution in [1.82, 2.24) is 0 Å². The number of carbonyl (C=O) groups excluding carboxylic acids is 2. The minimum Gasteiger partial charge on any atom is -0.494 e. The van der Waals surface area contributed by atoms with E-state index in [-0.39, 0.29) is 28.8 Å². The molecule has 1 aliphatic carbocycles. The smallest absolute Gasteiger partial charge is 0.234 e. The molecule has 1 aromatic heterocycles. The maximum Gasteiger partial charge on any atom is 0.234 e. The SMILES string of the molecule is CCCCOc1cccc(NC(=O)CSC2=NC3=C(C(=O)CC(C)(C)C3)[C@H](c3cccs3)C2C#N)c1. The lowest BCUT2D eigenvalue weighted by molar-refractivity contribution is -0.118. The number of Topliss-reactive ketones (excluding diaryl/α,β-unsaturated/α-hetero) is 1. The van der Waals surface area contributed by atoms with Crippen molar-refractivity contribution in [3.8, 4) is 11.8 Å². The second-order valence-corrected chi connectivity index (χ2v) is 11.9. The zero-order valence-corrected chi connectivity index (χ0v) is 22.5. The van der Waals surface area contributed by atoms with Gasteiger partial charge in [0.25, 0.3) is 0 Å². The molecule has 1 N–H and O–H groups in total. The second-order valence-electron chi connectivity index (χ2n) is 9.92. The number of aliphatic imine (C=N–C) groups is 1. The van der Waals surface area contributed by atoms with Gasteiger partial charge < -0.3 is 10.1 Å². The number of amides is 1. The van der Waals surface area contributed by atoms with Gasteiger partial charge in [0.15, 0.2) is 5.78 Å². The summed E-state index contributed by atoms with van der Waals surface area (Å²) in [6.07, 6.45) is 3.16. The van der Waals surface area contributed by atoms with E-state index in [1.54, 1.807) is 11.3 Å². The van der Waals surface area contributed by atoms with Gasteiger partial charge in [-0.1, -0.05) is 51.1 Å². The topological polar surface area (TPSA) is 91.5 Å². The van der Waals surface area contributed by atoms with Crippen LogP contribution in [0.5, 0.6) is 5.75 Å². The molecule has 8 heteroatoms. The first kappa shape index (κ1) is 26.2. The van der Waals surface area contributed by atoms with Crippen LogP contribution < -0.4 is 10.1 Å². The fourth-order valence-corrected chi connectivity index (χ4v) is 6.39. The summed E-state index contributed by atoms with van der Waals surface area (Å²) in [4.78, 5) is 31.8. The number of benzene rings is 1. The summed E-state index contributed by atoms with van der Waals surface area (Å²) >= 11 is 2.83. The number of allylic oxidation sites excluding steroid dienone is 2. The van der Waals surface area contributed by atoms with E-state index in [0.717, 1.165) is 29.2 Å². The summed E-state index contributed by atoms with van der Waals surface area (Å²) in [6.45, 7) is 6.89. The Hall–Kier alpha value is -2.89. The van der Waals surface area contributed by atoms with Crippen LogP contribution in [0.4, 0.5) is 5.69 Å². The summed E-state index contributed by atoms with van der Waals surface area (Å²) in [5.74, 6) is -0.203. The van der Waals surface area contributed by atoms with Gasteiger partial charge in [-0.25, -0.2) is 4.99 Å². The van der Waals surface area contributed by atoms with Gasteiger partial charge in [0.05, 0.1) is 23.5 Å². The zero-order chi connectivity index (χ0) is 25.7. The number of ether oxygens (including phenoxy) is 1. The van der Waals surface area contributed by atoms with Crippen molar-refractivity contribution in [2.75, 3.05) is 17.7 Å². The van der Waals surface area contributed by atoms with Crippen molar-refractivity contribution in [1.29, 1.82) is 5.26 Å². The van der Waals surface area contributed by atoms with E-state index in [4.69, 9.17) is 9.73 Å². The monoisotopic (exact) mass is 521 g/mol. The Morgan fingerprint density at radius 1 is 1.31 bits per heavy atom. The largest absolute Gasteiger partial charge is 0.494 e. The Kier molecular flexibility index (Phi) is 8.32. The number of hydrogen-bond donors (Lipinski definition) is 1. The highest BCUT2D eigenvalue weighted by atomic mass is 32.2. The van der Waals surface area contributed by atoms with Gasteiger partial charge in [0, 0.05) is 40.2 Å². The Balaban J connectivity index is 1.51. The van der Waals surface area contributed by atoms with E-state index in [9.17, 15) is 14.9 Å². The van der Waals surface area contributed by atoms with Crippen molar-refractivity contribution in [2.24, 2.45) is 16.3 Å². The van der Waals surface area contributed by atoms with Crippen LogP contribution in [-0.2, 0) is 9.59 Å². The van der Waals surface area contributed by atoms with Crippen LogP contribution in [0.25, 0.3) is 0 Å². The molecule has 0 saturated carbocycles. The maximum atomic E-state index is 13.2. The lowest BCUT2D eigenvalue weighted by Crippen LogP contribution is -2.35. The van der Waals surface area contributed by atoms with E-state index in [0.29, 0.717) is 35.8 Å². The predicted molar refractivity (Wildman–Crippen MR) is 147 cm³/mol. The molecule has 2 aliphatic rings. The lowest BCUT2D eigenvalue weighted by atomic mass is 9.69. The maximum absolute atomic E-state index is 13.2. The molecule has 6 nitrogen and oxygen atoms in total. The second kappa shape index (κ2) is 11.4. The summed E-state index contributed by atoms with van der Waals surface area (Å²) in [5, 5.41) is 15.6. The quantitative estimate of drug-likeness (QED) is 0.396. The fraction of sp³-hybridized carbons (Fsp3) is 0.429. The molecule has 2 heterocycles. The number of rotatable bonds is 8. The molecular weight excluding hydrogens is 490 g/mol. The van der Waals surface area contributed by atoms with Crippen molar-refractivity contribution >= 4 is 45.5 Å². The van der Waals surface area contributed by atoms with E-state index in [1.807, 2.05) is 41.8 Å². The number of ketones is 1. The molecular formula is C28H31N3O3S2. The molecule has 0 saturated heterocycles. The van der Waals surface area contributed by atoms with E-state index >= 15 is 0 Å². The van der Waals surface area contributed by atoms with E-state index < -0.39 is 5.92 Å². The third kappa shape index (κ3) is 6.08. The summed E-state index contributed by atoms with van der Waals surface area (Å²) in [5.41, 5.74) is 1.92. The van der Waals surface area contributed by atoms with E-state index in [2.05, 4.69) is 32.2 Å². The number of nitrogens with zero attached hydrogens (tertiary/aromatic N) is 2. The van der Waals surface area contributed by atoms with Crippen LogP contribution in [0.3, 0.4) is 0 Å². The highest BCUT2D eigenvalue weighted by Crippen LogP contribution is 2.49. The average molecular weight is 522 g/mol. The number of thiophene rings is 1. The first-order chi connectivity index (χ1) is 17.3. The van der Waals surface area contributed by atoms with Gasteiger partial charge in [-0.2, -0.15) is 5.26 Å². The Morgan fingerprint density at radius 3 is 2.86 bits per heavy atom. The Morgan fingerprint density at radius 2 is 2.14 bits per heavy atom. The molecule has 1 unspecified atom stereocenters. The molecule has 0 radical (unpaired) electrons. The molecule has 36 heavy (non-hydrogen) atoms. The first-order valence-electron chi connectivity index (χ1n) is 12.2. The Bertz CT molecular complexity index is 1220. The van der Waals surface area contributed by atoms with Crippen LogP contribution in [-0.4, -0.2) is 29.1 Å². The normalized spacial score (nSPS) is 20.8. The lowest BCUT2D eigenvalue weighted by Gasteiger charge is -2.37. The van der Waals surface area contributed by atoms with Gasteiger partial charge in [0.2, 0.25) is 5.91 Å². The van der Waals surface area contributed by atoms with Crippen LogP contribution >= 0.6 is 23.1 Å². The molecule has 1 aliphatic heterocycles. The molecule has 0 fully saturated rings. The molecule has 0 spiro atoms. The van der Waals surface area contributed by atoms with Crippen LogP contribution in [0, 0.1) is 22.7 Å². The van der Waals surface area contributed by atoms with Crippen molar-refractivity contribution < 1.29 is 14.3 Å². The van der Waals surface area contributed by atoms with Gasteiger partial charge in [-0.15, -0.1) is 11.3 Å². The van der Waals surface area contributed by atoms with Crippen molar-refractivity contribution in [3.63, 3.8) is 0 Å². The van der Waals surface area contributed by atoms with Crippen molar-refractivity contribution in [3.05, 3.63) is 57.9 Å². The standard InChI is InChI=1S/C28H31N3O3S2/c1-4-5-11-34-19-9-6-8-18(13-19)30-24(33)17-36-27-20(16-29)25(23-10-7-12-35-23)26-21(31-27)14-28(2,3)15-22(26)32/h6-10,12-13,20,25H,4-5,11,14-15,17H2,1-3H3,(H,30,33)/t20?,25-/m0/s1. The van der Waals surface area contributed by atoms with Crippen LogP contribution in [0.1, 0.15) is 57.2 Å². The van der Waals surface area contributed by atoms with Gasteiger partial charge in [-0.3, -0.25) is 9.59 Å². The highest BCUT2D eigenvalue weighted by Gasteiger charge is 2.44. The zero-order valence-electron chi connectivity index (χ0n) is 20.9. The number of thioether (sulfide) groups is 1. The van der Waals surface area contributed by atoms with Crippen molar-refractivity contribution in [2.45, 2.75) is 52.4 Å². The van der Waals surface area contributed by atoms with Gasteiger partial charge in [0.1, 0.15) is 11.7 Å². The molecule has 4 rings (SSSR count).